The molecule has 64 heavy (non-hydrogen) atoms. The number of amides is 3. The molecule has 0 aliphatic carbocycles. The van der Waals surface area contributed by atoms with Gasteiger partial charge in [0.15, 0.2) is 0 Å². The lowest BCUT2D eigenvalue weighted by Gasteiger charge is -2.34. The lowest BCUT2D eigenvalue weighted by Crippen LogP contribution is -2.53. The molecule has 13 heteroatoms. The van der Waals surface area contributed by atoms with Gasteiger partial charge in [0.25, 0.3) is 0 Å². The van der Waals surface area contributed by atoms with Gasteiger partial charge in [-0.3, -0.25) is 14.5 Å². The van der Waals surface area contributed by atoms with Crippen LogP contribution in [0.5, 0.6) is 0 Å². The van der Waals surface area contributed by atoms with Gasteiger partial charge in [-0.2, -0.15) is 0 Å². The van der Waals surface area contributed by atoms with Gasteiger partial charge in [0, 0.05) is 31.9 Å². The molecule has 2 aromatic heterocycles. The van der Waals surface area contributed by atoms with E-state index < -0.39 is 12.1 Å². The minimum atomic E-state index is -0.677. The lowest BCUT2D eigenvalue weighted by molar-refractivity contribution is -0.138. The van der Waals surface area contributed by atoms with E-state index in [-0.39, 0.29) is 35.9 Å². The second kappa shape index (κ2) is 19.2. The first-order valence-corrected chi connectivity index (χ1v) is 22.9. The van der Waals surface area contributed by atoms with Gasteiger partial charge >= 0.3 is 6.09 Å². The first-order valence-electron chi connectivity index (χ1n) is 22.9. The summed E-state index contributed by atoms with van der Waals surface area (Å²) in [6, 6.07) is 30.3. The predicted octanol–water partition coefficient (Wildman–Crippen LogP) is 8.85. The minimum absolute atomic E-state index is 0.0207. The van der Waals surface area contributed by atoms with Crippen molar-refractivity contribution in [2.75, 3.05) is 46.5 Å². The Labute approximate surface area is 374 Å². The molecule has 3 aliphatic rings. The molecule has 3 aliphatic heterocycles. The number of ether oxygens (including phenoxy) is 2. The number of likely N-dealkylation sites (N-methyl/N-ethyl adjacent to an activating group) is 1. The second-order valence-electron chi connectivity index (χ2n) is 17.2. The molecule has 4 aromatic carbocycles. The first-order chi connectivity index (χ1) is 31.3. The lowest BCUT2D eigenvalue weighted by atomic mass is 9.90. The number of aromatic amines is 2. The van der Waals surface area contributed by atoms with Crippen LogP contribution in [-0.2, 0) is 19.1 Å². The number of likely N-dealkylation sites (tertiary alicyclic amines) is 2. The van der Waals surface area contributed by atoms with E-state index in [0.29, 0.717) is 32.6 Å². The van der Waals surface area contributed by atoms with Crippen LogP contribution in [0.2, 0.25) is 0 Å². The van der Waals surface area contributed by atoms with E-state index in [1.54, 1.807) is 0 Å². The molecule has 0 unspecified atom stereocenters. The molecule has 332 valence electrons. The summed E-state index contributed by atoms with van der Waals surface area (Å²) in [6.07, 6.45) is 7.99. The van der Waals surface area contributed by atoms with E-state index in [0.717, 1.165) is 107 Å². The highest BCUT2D eigenvalue weighted by atomic mass is 16.5. The van der Waals surface area contributed by atoms with Gasteiger partial charge in [0.2, 0.25) is 11.8 Å². The number of carbonyl (C=O) groups excluding carboxylic acids is 3. The van der Waals surface area contributed by atoms with Crippen molar-refractivity contribution < 1.29 is 23.9 Å². The summed E-state index contributed by atoms with van der Waals surface area (Å²) in [5.74, 6) is 1.58. The monoisotopic (exact) mass is 862 g/mol. The Hall–Kier alpha value is -6.31. The van der Waals surface area contributed by atoms with E-state index in [1.165, 1.54) is 7.11 Å². The topological polar surface area (TPSA) is 149 Å². The molecule has 0 radical (unpaired) electrons. The quantitative estimate of drug-likeness (QED) is 0.104. The van der Waals surface area contributed by atoms with Crippen molar-refractivity contribution >= 4 is 28.7 Å². The Morgan fingerprint density at radius 1 is 0.719 bits per heavy atom. The van der Waals surface area contributed by atoms with Gasteiger partial charge in [-0.15, -0.1) is 0 Å². The molecular formula is C51H58N8O5. The van der Waals surface area contributed by atoms with Crippen molar-refractivity contribution in [2.45, 2.75) is 76.5 Å². The Morgan fingerprint density at radius 3 is 1.88 bits per heavy atom. The number of fused-ring (bicyclic) bond motifs is 1. The SMILES string of the molecule is CCN(CC)[C@@H](C(=O)N1CCC[C@H]1c1ncc(-c2ccc(-c3ccc4cc(-c5cnc([C@@H]6CCCN6C(=O)[C@@H](NC(=O)OC)C6CCOCC6)[nH]5)ccc4c3)cc2)[nH]1)c1ccccc1. The van der Waals surface area contributed by atoms with Gasteiger partial charge < -0.3 is 34.6 Å². The Balaban J connectivity index is 0.871. The van der Waals surface area contributed by atoms with Gasteiger partial charge in [-0.1, -0.05) is 92.7 Å². The summed E-state index contributed by atoms with van der Waals surface area (Å²) in [4.78, 5) is 63.4. The van der Waals surface area contributed by atoms with Gasteiger partial charge in [-0.05, 0) is 103 Å². The summed E-state index contributed by atoms with van der Waals surface area (Å²) in [7, 11) is 1.32. The van der Waals surface area contributed by atoms with Gasteiger partial charge in [0.1, 0.15) is 23.7 Å². The van der Waals surface area contributed by atoms with E-state index >= 15 is 0 Å². The standard InChI is InChI=1S/C51H58N8O5/c1-4-57(5-2)46(36-11-7-6-8-12-36)50(61)59-26-10-14-44(59)48-52-31-41(54-48)34-17-15-33(16-18-34)37-19-20-39-30-40(22-21-38(39)29-37)42-32-53-47(55-42)43-13-9-25-58(43)49(60)45(56-51(62)63-3)35-23-27-64-28-24-35/h6-8,11-12,15-22,29-32,35,43-46H,4-5,9-10,13-14,23-28H2,1-3H3,(H,52,54)(H,53,55)(H,56,62)/t43-,44-,45-,46+/m0/s1. The van der Waals surface area contributed by atoms with Crippen molar-refractivity contribution in [3.8, 4) is 33.6 Å². The van der Waals surface area contributed by atoms with Gasteiger partial charge in [-0.25, -0.2) is 14.8 Å². The maximum Gasteiger partial charge on any atom is 0.407 e. The highest BCUT2D eigenvalue weighted by Crippen LogP contribution is 2.37. The van der Waals surface area contributed by atoms with E-state index in [2.05, 4.69) is 107 Å². The van der Waals surface area contributed by atoms with Crippen LogP contribution in [0.15, 0.2) is 103 Å². The number of H-pyrrole nitrogens is 2. The zero-order valence-corrected chi connectivity index (χ0v) is 37.0. The fourth-order valence-corrected chi connectivity index (χ4v) is 10.1. The number of hydrogen-bond donors (Lipinski definition) is 3. The average molecular weight is 863 g/mol. The van der Waals surface area contributed by atoms with Crippen molar-refractivity contribution in [1.29, 1.82) is 0 Å². The maximum atomic E-state index is 14.3. The van der Waals surface area contributed by atoms with Crippen molar-refractivity contribution in [2.24, 2.45) is 5.92 Å². The number of aromatic nitrogens is 4. The number of rotatable bonds is 13. The molecule has 3 fully saturated rings. The zero-order valence-electron chi connectivity index (χ0n) is 37.0. The van der Waals surface area contributed by atoms with Crippen LogP contribution in [-0.4, -0.2) is 105 Å². The van der Waals surface area contributed by atoms with Crippen molar-refractivity contribution in [1.82, 2.24) is 40.0 Å². The summed E-state index contributed by atoms with van der Waals surface area (Å²) in [5, 5.41) is 5.06. The van der Waals surface area contributed by atoms with Gasteiger partial charge in [0.05, 0.1) is 43.0 Å². The van der Waals surface area contributed by atoms with Crippen LogP contribution in [0.3, 0.4) is 0 Å². The minimum Gasteiger partial charge on any atom is -0.453 e. The fourth-order valence-electron chi connectivity index (χ4n) is 10.1. The highest BCUT2D eigenvalue weighted by molar-refractivity contribution is 5.91. The molecule has 3 saturated heterocycles. The number of hydrogen-bond acceptors (Lipinski definition) is 8. The second-order valence-corrected chi connectivity index (χ2v) is 17.2. The molecule has 3 N–H and O–H groups in total. The van der Waals surface area contributed by atoms with Crippen LogP contribution < -0.4 is 5.32 Å². The first kappa shape index (κ1) is 43.0. The predicted molar refractivity (Wildman–Crippen MR) is 247 cm³/mol. The van der Waals surface area contributed by atoms with Crippen LogP contribution in [0, 0.1) is 5.92 Å². The molecule has 0 spiro atoms. The molecular weight excluding hydrogens is 805 g/mol. The maximum absolute atomic E-state index is 14.3. The molecule has 13 nitrogen and oxygen atoms in total. The third-order valence-corrected chi connectivity index (χ3v) is 13.6. The fraction of sp³-hybridized carbons (Fsp3) is 0.392. The molecule has 5 heterocycles. The van der Waals surface area contributed by atoms with E-state index in [4.69, 9.17) is 19.4 Å². The third kappa shape index (κ3) is 8.79. The number of benzene rings is 4. The number of methoxy groups -OCH3 is 1. The molecule has 6 aromatic rings. The molecule has 3 amide bonds. The smallest absolute Gasteiger partial charge is 0.407 e. The van der Waals surface area contributed by atoms with Crippen molar-refractivity contribution in [3.05, 3.63) is 121 Å². The normalized spacial score (nSPS) is 19.0. The number of alkyl carbamates (subject to hydrolysis) is 1. The summed E-state index contributed by atoms with van der Waals surface area (Å²) in [6.45, 7) is 8.26. The number of carbonyl (C=O) groups is 3. The van der Waals surface area contributed by atoms with Crippen molar-refractivity contribution in [3.63, 3.8) is 0 Å². The summed E-state index contributed by atoms with van der Waals surface area (Å²) < 4.78 is 10.4. The Kier molecular flexibility index (Phi) is 12.9. The molecule has 9 rings (SSSR count). The average Bonchev–Trinajstić information content (AvgIpc) is 4.20. The number of nitrogens with zero attached hydrogens (tertiary/aromatic N) is 5. The summed E-state index contributed by atoms with van der Waals surface area (Å²) >= 11 is 0. The highest BCUT2D eigenvalue weighted by Gasteiger charge is 2.41. The third-order valence-electron chi connectivity index (χ3n) is 13.6. The van der Waals surface area contributed by atoms with E-state index in [9.17, 15) is 14.4 Å². The van der Waals surface area contributed by atoms with Crippen LogP contribution in [0.25, 0.3) is 44.4 Å². The Morgan fingerprint density at radius 2 is 1.27 bits per heavy atom. The van der Waals surface area contributed by atoms with E-state index in [1.807, 2.05) is 40.4 Å². The van der Waals surface area contributed by atoms with Crippen LogP contribution in [0.1, 0.15) is 87.7 Å². The largest absolute Gasteiger partial charge is 0.453 e. The number of nitrogens with one attached hydrogen (secondary N) is 3. The molecule has 0 saturated carbocycles. The van der Waals surface area contributed by atoms with Crippen LogP contribution >= 0.6 is 0 Å². The summed E-state index contributed by atoms with van der Waals surface area (Å²) in [5.41, 5.74) is 7.12. The van der Waals surface area contributed by atoms with Crippen LogP contribution in [0.4, 0.5) is 4.79 Å². The molecule has 4 atom stereocenters. The Bertz CT molecular complexity index is 2560. The number of imidazole rings is 2. The molecule has 0 bridgehead atoms. The zero-order chi connectivity index (χ0) is 44.2.